The summed E-state index contributed by atoms with van der Waals surface area (Å²) in [5.74, 6) is -0.660. The van der Waals surface area contributed by atoms with Gasteiger partial charge in [0.05, 0.1) is 6.61 Å². The minimum atomic E-state index is -0.801. The maximum atomic E-state index is 12.2. The van der Waals surface area contributed by atoms with Crippen LogP contribution in [0.15, 0.2) is 85.1 Å². The number of esters is 2. The number of allylic oxidation sites excluding steroid dienone is 14. The monoisotopic (exact) mass is 695 g/mol. The summed E-state index contributed by atoms with van der Waals surface area (Å²) in [5, 5.41) is 9.56. The highest BCUT2D eigenvalue weighted by Crippen LogP contribution is 2.10. The van der Waals surface area contributed by atoms with E-state index in [1.54, 1.807) is 0 Å². The van der Waals surface area contributed by atoms with Crippen LogP contribution in [0, 0.1) is 0 Å². The van der Waals surface area contributed by atoms with Crippen molar-refractivity contribution in [2.75, 3.05) is 13.2 Å². The third-order valence-corrected chi connectivity index (χ3v) is 8.16. The Hall–Kier alpha value is -2.92. The molecule has 0 spiro atoms. The minimum Gasteiger partial charge on any atom is -0.462 e. The van der Waals surface area contributed by atoms with Crippen molar-refractivity contribution in [2.45, 2.75) is 174 Å². The second-order valence-corrected chi connectivity index (χ2v) is 13.0. The first-order valence-corrected chi connectivity index (χ1v) is 20.1. The lowest BCUT2D eigenvalue weighted by Gasteiger charge is -2.15. The summed E-state index contributed by atoms with van der Waals surface area (Å²) in [6.07, 6.45) is 54.9. The van der Waals surface area contributed by atoms with Gasteiger partial charge in [-0.3, -0.25) is 9.59 Å². The van der Waals surface area contributed by atoms with Crippen LogP contribution in [0.3, 0.4) is 0 Å². The quantitative estimate of drug-likeness (QED) is 0.0406. The second kappa shape index (κ2) is 40.5. The summed E-state index contributed by atoms with van der Waals surface area (Å²) in [4.78, 5) is 24.3. The number of unbranched alkanes of at least 4 members (excludes halogenated alkanes) is 13. The first-order valence-electron chi connectivity index (χ1n) is 20.1. The van der Waals surface area contributed by atoms with Crippen molar-refractivity contribution in [3.63, 3.8) is 0 Å². The molecule has 0 amide bonds. The lowest BCUT2D eigenvalue weighted by molar-refractivity contribution is -0.161. The van der Waals surface area contributed by atoms with Crippen molar-refractivity contribution in [2.24, 2.45) is 0 Å². The predicted octanol–water partition coefficient (Wildman–Crippen LogP) is 12.7. The van der Waals surface area contributed by atoms with E-state index in [0.29, 0.717) is 12.8 Å². The van der Waals surface area contributed by atoms with Gasteiger partial charge in [0, 0.05) is 12.8 Å². The summed E-state index contributed by atoms with van der Waals surface area (Å²) in [6.45, 7) is 4.02. The summed E-state index contributed by atoms with van der Waals surface area (Å²) in [5.41, 5.74) is 0. The first-order chi connectivity index (χ1) is 24.6. The van der Waals surface area contributed by atoms with Gasteiger partial charge in [0.25, 0.3) is 0 Å². The van der Waals surface area contributed by atoms with Crippen LogP contribution in [-0.2, 0) is 19.1 Å². The third-order valence-electron chi connectivity index (χ3n) is 8.16. The number of aliphatic hydroxyl groups excluding tert-OH is 1. The molecule has 0 aliphatic heterocycles. The van der Waals surface area contributed by atoms with Gasteiger partial charge in [-0.05, 0) is 96.3 Å². The smallest absolute Gasteiger partial charge is 0.306 e. The molecule has 0 aliphatic rings. The number of aliphatic hydroxyl groups is 1. The molecule has 0 radical (unpaired) electrons. The molecule has 50 heavy (non-hydrogen) atoms. The number of hydrogen-bond acceptors (Lipinski definition) is 5. The Kier molecular flexibility index (Phi) is 38.1. The van der Waals surface area contributed by atoms with Crippen LogP contribution in [0.1, 0.15) is 168 Å². The summed E-state index contributed by atoms with van der Waals surface area (Å²) in [7, 11) is 0. The minimum absolute atomic E-state index is 0.0967. The van der Waals surface area contributed by atoms with E-state index in [2.05, 4.69) is 98.9 Å². The zero-order valence-electron chi connectivity index (χ0n) is 32.1. The average molecular weight is 695 g/mol. The highest BCUT2D eigenvalue weighted by Gasteiger charge is 2.16. The van der Waals surface area contributed by atoms with E-state index in [0.717, 1.165) is 89.9 Å². The van der Waals surface area contributed by atoms with Crippen LogP contribution in [0.25, 0.3) is 0 Å². The Morgan fingerprint density at radius 1 is 0.460 bits per heavy atom. The van der Waals surface area contributed by atoms with Crippen molar-refractivity contribution in [1.29, 1.82) is 0 Å². The molecule has 0 aliphatic carbocycles. The molecule has 0 heterocycles. The van der Waals surface area contributed by atoms with E-state index in [9.17, 15) is 14.7 Å². The molecule has 0 aromatic carbocycles. The van der Waals surface area contributed by atoms with E-state index in [1.165, 1.54) is 51.4 Å². The summed E-state index contributed by atoms with van der Waals surface area (Å²) in [6, 6.07) is 0. The van der Waals surface area contributed by atoms with Crippen molar-refractivity contribution < 1.29 is 24.2 Å². The second-order valence-electron chi connectivity index (χ2n) is 13.0. The van der Waals surface area contributed by atoms with Gasteiger partial charge in [0.15, 0.2) is 6.10 Å². The lowest BCUT2D eigenvalue weighted by atomic mass is 10.1. The van der Waals surface area contributed by atoms with E-state index >= 15 is 0 Å². The molecule has 5 heteroatoms. The van der Waals surface area contributed by atoms with E-state index in [1.807, 2.05) is 0 Å². The molecule has 0 aromatic heterocycles. The molecular weight excluding hydrogens is 620 g/mol. The Morgan fingerprint density at radius 2 is 0.800 bits per heavy atom. The largest absolute Gasteiger partial charge is 0.462 e. The van der Waals surface area contributed by atoms with Crippen molar-refractivity contribution in [1.82, 2.24) is 0 Å². The van der Waals surface area contributed by atoms with Gasteiger partial charge in [-0.1, -0.05) is 144 Å². The van der Waals surface area contributed by atoms with Crippen molar-refractivity contribution in [3.05, 3.63) is 85.1 Å². The van der Waals surface area contributed by atoms with Gasteiger partial charge < -0.3 is 14.6 Å². The zero-order valence-corrected chi connectivity index (χ0v) is 32.1. The number of hydrogen-bond donors (Lipinski definition) is 1. The molecule has 1 atom stereocenters. The van der Waals surface area contributed by atoms with Gasteiger partial charge in [-0.15, -0.1) is 0 Å². The van der Waals surface area contributed by atoms with Gasteiger partial charge in [-0.2, -0.15) is 0 Å². The molecule has 0 rings (SSSR count). The van der Waals surface area contributed by atoms with Crippen LogP contribution in [0.4, 0.5) is 0 Å². The molecule has 5 nitrogen and oxygen atoms in total. The molecule has 0 fully saturated rings. The Bertz CT molecular complexity index is 968. The highest BCUT2D eigenvalue weighted by molar-refractivity contribution is 5.70. The fraction of sp³-hybridized carbons (Fsp3) is 0.644. The fourth-order valence-electron chi connectivity index (χ4n) is 5.07. The Morgan fingerprint density at radius 3 is 1.20 bits per heavy atom. The van der Waals surface area contributed by atoms with Crippen LogP contribution in [0.2, 0.25) is 0 Å². The number of rotatable bonds is 35. The van der Waals surface area contributed by atoms with E-state index in [-0.39, 0.29) is 25.2 Å². The molecule has 1 N–H and O–H groups in total. The maximum Gasteiger partial charge on any atom is 0.306 e. The Labute approximate surface area is 307 Å². The number of carbonyl (C=O) groups is 2. The highest BCUT2D eigenvalue weighted by atomic mass is 16.6. The molecule has 0 aromatic rings. The van der Waals surface area contributed by atoms with Crippen molar-refractivity contribution >= 4 is 11.9 Å². The molecule has 0 saturated carbocycles. The SMILES string of the molecule is CCCCC/C=C/C/C=C/C/C=C/C/C=C/CCCCCC(=O)OC[C@H](CO)OC(=O)CCCCCC/C=C/C/C=C/C/C=C/CCCCC. The van der Waals surface area contributed by atoms with E-state index < -0.39 is 6.10 Å². The molecule has 284 valence electrons. The molecule has 0 unspecified atom stereocenters. The van der Waals surface area contributed by atoms with Crippen molar-refractivity contribution in [3.8, 4) is 0 Å². The fourth-order valence-corrected chi connectivity index (χ4v) is 5.07. The standard InChI is InChI=1S/C45H74O5/c1-3-5-7-9-11-13-15-17-19-21-22-24-25-27-29-31-33-35-37-39-44(47)49-42-43(41-46)50-45(48)40-38-36-34-32-30-28-26-23-20-18-16-14-12-10-8-6-4-2/h11-14,17-20,22,24,26-29,43,46H,3-10,15-16,21,23,25,30-42H2,1-2H3/b13-11+,14-12+,19-17+,20-18+,24-22+,28-26+,29-27+/t43-/m0/s1. The lowest BCUT2D eigenvalue weighted by Crippen LogP contribution is -2.28. The number of carbonyl (C=O) groups excluding carboxylic acids is 2. The average Bonchev–Trinajstić information content (AvgIpc) is 3.12. The predicted molar refractivity (Wildman–Crippen MR) is 214 cm³/mol. The molecular formula is C45H74O5. The zero-order chi connectivity index (χ0) is 36.4. The normalized spacial score (nSPS) is 13.1. The topological polar surface area (TPSA) is 72.8 Å². The Balaban J connectivity index is 3.70. The van der Waals surface area contributed by atoms with Gasteiger partial charge >= 0.3 is 11.9 Å². The molecule has 0 saturated heterocycles. The summed E-state index contributed by atoms with van der Waals surface area (Å²) >= 11 is 0. The van der Waals surface area contributed by atoms with Gasteiger partial charge in [-0.25, -0.2) is 0 Å². The van der Waals surface area contributed by atoms with E-state index in [4.69, 9.17) is 9.47 Å². The first kappa shape index (κ1) is 47.1. The van der Waals surface area contributed by atoms with Crippen LogP contribution in [0.5, 0.6) is 0 Å². The van der Waals surface area contributed by atoms with Crippen LogP contribution < -0.4 is 0 Å². The molecule has 0 bridgehead atoms. The van der Waals surface area contributed by atoms with Crippen LogP contribution >= 0.6 is 0 Å². The van der Waals surface area contributed by atoms with Crippen LogP contribution in [-0.4, -0.2) is 36.4 Å². The van der Waals surface area contributed by atoms with Gasteiger partial charge in [0.2, 0.25) is 0 Å². The summed E-state index contributed by atoms with van der Waals surface area (Å²) < 4.78 is 10.6. The maximum absolute atomic E-state index is 12.2. The number of ether oxygens (including phenoxy) is 2. The third kappa shape index (κ3) is 37.9. The van der Waals surface area contributed by atoms with Gasteiger partial charge in [0.1, 0.15) is 6.61 Å².